The second kappa shape index (κ2) is 4.30. The van der Waals surface area contributed by atoms with Crippen LogP contribution < -0.4 is 5.73 Å². The molecule has 0 spiro atoms. The molecule has 0 aromatic carbocycles. The Labute approximate surface area is 101 Å². The minimum atomic E-state index is -3.21. The number of aromatic nitrogens is 1. The van der Waals surface area contributed by atoms with Gasteiger partial charge in [0.25, 0.3) is 6.01 Å². The third-order valence-electron chi connectivity index (χ3n) is 2.65. The van der Waals surface area contributed by atoms with E-state index in [-0.39, 0.29) is 24.2 Å². The molecule has 1 aromatic heterocycles. The zero-order valence-electron chi connectivity index (χ0n) is 10.0. The van der Waals surface area contributed by atoms with Gasteiger partial charge in [0.15, 0.2) is 0 Å². The van der Waals surface area contributed by atoms with Gasteiger partial charge in [-0.1, -0.05) is 13.8 Å². The van der Waals surface area contributed by atoms with Crippen molar-refractivity contribution in [2.24, 2.45) is 5.92 Å². The Balaban J connectivity index is 2.17. The van der Waals surface area contributed by atoms with E-state index in [1.54, 1.807) is 0 Å². The summed E-state index contributed by atoms with van der Waals surface area (Å²) < 4.78 is 30.7. The quantitative estimate of drug-likeness (QED) is 0.858. The van der Waals surface area contributed by atoms with Crippen LogP contribution in [0.1, 0.15) is 25.3 Å². The SMILES string of the molecule is CC(C)CS(=O)(=O)N1CCc2nc(N)oc2C1. The molecule has 0 saturated carbocycles. The number of hydrogen-bond acceptors (Lipinski definition) is 5. The fourth-order valence-corrected chi connectivity index (χ4v) is 3.69. The van der Waals surface area contributed by atoms with Gasteiger partial charge >= 0.3 is 0 Å². The first-order valence-corrected chi connectivity index (χ1v) is 7.21. The molecule has 0 atom stereocenters. The summed E-state index contributed by atoms with van der Waals surface area (Å²) in [7, 11) is -3.21. The molecule has 17 heavy (non-hydrogen) atoms. The third-order valence-corrected chi connectivity index (χ3v) is 4.84. The van der Waals surface area contributed by atoms with E-state index in [1.165, 1.54) is 4.31 Å². The molecule has 0 aliphatic carbocycles. The van der Waals surface area contributed by atoms with Gasteiger partial charge in [-0.3, -0.25) is 0 Å². The fourth-order valence-electron chi connectivity index (χ4n) is 1.96. The lowest BCUT2D eigenvalue weighted by molar-refractivity contribution is 0.344. The van der Waals surface area contributed by atoms with Gasteiger partial charge < -0.3 is 10.2 Å². The number of nitrogens with zero attached hydrogens (tertiary/aromatic N) is 2. The monoisotopic (exact) mass is 259 g/mol. The third kappa shape index (κ3) is 2.61. The first kappa shape index (κ1) is 12.4. The van der Waals surface area contributed by atoms with Crippen LogP contribution in [-0.4, -0.2) is 30.0 Å². The average Bonchev–Trinajstić information content (AvgIpc) is 2.54. The predicted molar refractivity (Wildman–Crippen MR) is 63.7 cm³/mol. The largest absolute Gasteiger partial charge is 0.427 e. The van der Waals surface area contributed by atoms with Crippen LogP contribution in [0.2, 0.25) is 0 Å². The second-order valence-electron chi connectivity index (χ2n) is 4.68. The maximum Gasteiger partial charge on any atom is 0.292 e. The van der Waals surface area contributed by atoms with E-state index in [2.05, 4.69) is 4.98 Å². The van der Waals surface area contributed by atoms with Gasteiger partial charge in [0.2, 0.25) is 10.0 Å². The highest BCUT2D eigenvalue weighted by Crippen LogP contribution is 2.23. The van der Waals surface area contributed by atoms with E-state index in [0.717, 1.165) is 5.69 Å². The molecular formula is C10H17N3O3S. The van der Waals surface area contributed by atoms with Crippen LogP contribution in [-0.2, 0) is 23.0 Å². The van der Waals surface area contributed by atoms with Crippen molar-refractivity contribution < 1.29 is 12.8 Å². The smallest absolute Gasteiger partial charge is 0.292 e. The van der Waals surface area contributed by atoms with E-state index in [1.807, 2.05) is 13.8 Å². The molecule has 0 fully saturated rings. The van der Waals surface area contributed by atoms with E-state index in [0.29, 0.717) is 18.7 Å². The summed E-state index contributed by atoms with van der Waals surface area (Å²) in [5, 5.41) is 0. The van der Waals surface area contributed by atoms with E-state index < -0.39 is 10.0 Å². The molecule has 2 heterocycles. The van der Waals surface area contributed by atoms with Crippen LogP contribution in [0.5, 0.6) is 0 Å². The van der Waals surface area contributed by atoms with E-state index in [4.69, 9.17) is 10.2 Å². The average molecular weight is 259 g/mol. The molecule has 2 N–H and O–H groups in total. The Hall–Kier alpha value is -1.08. The minimum Gasteiger partial charge on any atom is -0.427 e. The van der Waals surface area contributed by atoms with Crippen molar-refractivity contribution >= 4 is 16.0 Å². The molecule has 1 aromatic rings. The van der Waals surface area contributed by atoms with Crippen LogP contribution in [0.4, 0.5) is 6.01 Å². The zero-order valence-corrected chi connectivity index (χ0v) is 10.8. The lowest BCUT2D eigenvalue weighted by atomic mass is 10.2. The van der Waals surface area contributed by atoms with Crippen LogP contribution in [0.3, 0.4) is 0 Å². The van der Waals surface area contributed by atoms with Crippen molar-refractivity contribution in [2.75, 3.05) is 18.0 Å². The van der Waals surface area contributed by atoms with E-state index >= 15 is 0 Å². The number of anilines is 1. The summed E-state index contributed by atoms with van der Waals surface area (Å²) in [6, 6.07) is 0.109. The van der Waals surface area contributed by atoms with E-state index in [9.17, 15) is 8.42 Å². The summed E-state index contributed by atoms with van der Waals surface area (Å²) in [6.45, 7) is 4.47. The highest BCUT2D eigenvalue weighted by atomic mass is 32.2. The van der Waals surface area contributed by atoms with Gasteiger partial charge in [-0.2, -0.15) is 9.29 Å². The highest BCUT2D eigenvalue weighted by Gasteiger charge is 2.30. The molecule has 96 valence electrons. The van der Waals surface area contributed by atoms with Crippen molar-refractivity contribution in [1.82, 2.24) is 9.29 Å². The number of sulfonamides is 1. The van der Waals surface area contributed by atoms with Gasteiger partial charge in [0.05, 0.1) is 18.0 Å². The van der Waals surface area contributed by atoms with Crippen LogP contribution in [0.25, 0.3) is 0 Å². The summed E-state index contributed by atoms with van der Waals surface area (Å²) in [4.78, 5) is 4.02. The molecule has 0 radical (unpaired) electrons. The number of oxazole rings is 1. The van der Waals surface area contributed by atoms with Crippen molar-refractivity contribution in [3.63, 3.8) is 0 Å². The Morgan fingerprint density at radius 2 is 2.24 bits per heavy atom. The maximum atomic E-state index is 12.0. The molecule has 0 unspecified atom stereocenters. The standard InChI is InChI=1S/C10H17N3O3S/c1-7(2)6-17(14,15)13-4-3-8-9(5-13)16-10(11)12-8/h7H,3-6H2,1-2H3,(H2,11,12). The Morgan fingerprint density at radius 1 is 1.53 bits per heavy atom. The predicted octanol–water partition coefficient (Wildman–Crippen LogP) is 0.601. The summed E-state index contributed by atoms with van der Waals surface area (Å²) >= 11 is 0. The molecule has 1 aliphatic rings. The molecule has 0 amide bonds. The Bertz CT molecular complexity index is 507. The first-order valence-electron chi connectivity index (χ1n) is 5.60. The van der Waals surface area contributed by atoms with Gasteiger partial charge in [-0.05, 0) is 5.92 Å². The summed E-state index contributed by atoms with van der Waals surface area (Å²) in [6.07, 6.45) is 0.563. The number of hydrogen-bond donors (Lipinski definition) is 1. The highest BCUT2D eigenvalue weighted by molar-refractivity contribution is 7.89. The summed E-state index contributed by atoms with van der Waals surface area (Å²) in [5.41, 5.74) is 6.22. The van der Waals surface area contributed by atoms with Gasteiger partial charge in [-0.25, -0.2) is 8.42 Å². The lowest BCUT2D eigenvalue weighted by Gasteiger charge is -2.25. The molecule has 0 bridgehead atoms. The second-order valence-corrected chi connectivity index (χ2v) is 6.69. The van der Waals surface area contributed by atoms with Gasteiger partial charge in [0, 0.05) is 13.0 Å². The van der Waals surface area contributed by atoms with Crippen molar-refractivity contribution in [3.8, 4) is 0 Å². The van der Waals surface area contributed by atoms with Gasteiger partial charge in [0.1, 0.15) is 5.76 Å². The molecule has 1 aliphatic heterocycles. The van der Waals surface area contributed by atoms with Crippen molar-refractivity contribution in [3.05, 3.63) is 11.5 Å². The first-order chi connectivity index (χ1) is 7.88. The van der Waals surface area contributed by atoms with Crippen molar-refractivity contribution in [2.45, 2.75) is 26.8 Å². The summed E-state index contributed by atoms with van der Waals surface area (Å²) in [5.74, 6) is 0.841. The van der Waals surface area contributed by atoms with Crippen LogP contribution >= 0.6 is 0 Å². The fraction of sp³-hybridized carbons (Fsp3) is 0.700. The van der Waals surface area contributed by atoms with Crippen LogP contribution in [0.15, 0.2) is 4.42 Å². The molecule has 7 heteroatoms. The molecule has 0 saturated heterocycles. The number of nitrogen functional groups attached to an aromatic ring is 1. The zero-order chi connectivity index (χ0) is 12.6. The Kier molecular flexibility index (Phi) is 3.13. The number of fused-ring (bicyclic) bond motifs is 1. The maximum absolute atomic E-state index is 12.0. The molecule has 2 rings (SSSR count). The lowest BCUT2D eigenvalue weighted by Crippen LogP contribution is -2.38. The minimum absolute atomic E-state index is 0.109. The molecular weight excluding hydrogens is 242 g/mol. The number of nitrogens with two attached hydrogens (primary N) is 1. The number of rotatable bonds is 3. The van der Waals surface area contributed by atoms with Crippen molar-refractivity contribution in [1.29, 1.82) is 0 Å². The normalized spacial score (nSPS) is 17.4. The van der Waals surface area contributed by atoms with Crippen LogP contribution in [0, 0.1) is 5.92 Å². The van der Waals surface area contributed by atoms with Gasteiger partial charge in [-0.15, -0.1) is 0 Å². The topological polar surface area (TPSA) is 89.4 Å². The molecule has 6 nitrogen and oxygen atoms in total. The Morgan fingerprint density at radius 3 is 2.88 bits per heavy atom.